The normalized spacial score (nSPS) is 20.6. The number of carbonyl (C=O) groups excluding carboxylic acids is 1. The van der Waals surface area contributed by atoms with Gasteiger partial charge in [-0.05, 0) is 49.9 Å². The lowest BCUT2D eigenvalue weighted by molar-refractivity contribution is -0.119. The maximum atomic E-state index is 13.5. The van der Waals surface area contributed by atoms with Crippen LogP contribution < -0.4 is 0 Å². The van der Waals surface area contributed by atoms with Crippen LogP contribution in [0.5, 0.6) is 0 Å². The molecular formula is C17H24FNO. The van der Waals surface area contributed by atoms with Crippen molar-refractivity contribution in [3.8, 4) is 0 Å². The fourth-order valence-corrected chi connectivity index (χ4v) is 2.95. The van der Waals surface area contributed by atoms with Gasteiger partial charge < -0.3 is 0 Å². The van der Waals surface area contributed by atoms with Gasteiger partial charge in [0.2, 0.25) is 0 Å². The van der Waals surface area contributed by atoms with Crippen LogP contribution in [0.3, 0.4) is 0 Å². The lowest BCUT2D eigenvalue weighted by Crippen LogP contribution is -2.31. The van der Waals surface area contributed by atoms with E-state index in [1.54, 1.807) is 18.2 Å². The molecule has 1 aromatic carbocycles. The summed E-state index contributed by atoms with van der Waals surface area (Å²) in [6.45, 7) is 4.70. The predicted octanol–water partition coefficient (Wildman–Crippen LogP) is 3.45. The Morgan fingerprint density at radius 3 is 2.85 bits per heavy atom. The van der Waals surface area contributed by atoms with Gasteiger partial charge in [0.05, 0.1) is 6.54 Å². The smallest absolute Gasteiger partial charge is 0.151 e. The lowest BCUT2D eigenvalue weighted by Gasteiger charge is -2.19. The van der Waals surface area contributed by atoms with E-state index in [1.807, 2.05) is 0 Å². The first-order chi connectivity index (χ1) is 9.69. The molecule has 0 aliphatic carbocycles. The molecule has 1 aliphatic heterocycles. The highest BCUT2D eigenvalue weighted by atomic mass is 19.1. The molecular weight excluding hydrogens is 253 g/mol. The molecule has 1 saturated heterocycles. The van der Waals surface area contributed by atoms with Gasteiger partial charge in [-0.2, -0.15) is 0 Å². The van der Waals surface area contributed by atoms with Gasteiger partial charge in [-0.25, -0.2) is 4.39 Å². The van der Waals surface area contributed by atoms with Crippen LogP contribution in [0.4, 0.5) is 4.39 Å². The highest BCUT2D eigenvalue weighted by molar-refractivity contribution is 5.82. The average molecular weight is 277 g/mol. The molecule has 0 amide bonds. The van der Waals surface area contributed by atoms with E-state index in [2.05, 4.69) is 11.8 Å². The second-order valence-corrected chi connectivity index (χ2v) is 5.79. The summed E-state index contributed by atoms with van der Waals surface area (Å²) < 4.78 is 13.5. The largest absolute Gasteiger partial charge is 0.298 e. The Labute approximate surface area is 121 Å². The predicted molar refractivity (Wildman–Crippen MR) is 79.2 cm³/mol. The molecule has 1 aromatic rings. The van der Waals surface area contributed by atoms with Gasteiger partial charge in [-0.1, -0.05) is 31.5 Å². The number of nitrogens with zero attached hydrogens (tertiary/aromatic N) is 1. The number of likely N-dealkylation sites (tertiary alicyclic amines) is 1. The molecule has 1 fully saturated rings. The first kappa shape index (κ1) is 15.2. The standard InChI is InChI=1S/C17H24FNO/c1-2-14-6-5-10-19(11-9-14)13-16(20)12-15-7-3-4-8-17(15)18/h3-4,7-8,14H,2,5-6,9-13H2,1H3. The molecule has 0 saturated carbocycles. The second kappa shape index (κ2) is 7.53. The Kier molecular flexibility index (Phi) is 5.72. The molecule has 1 atom stereocenters. The highest BCUT2D eigenvalue weighted by Crippen LogP contribution is 2.20. The number of hydrogen-bond donors (Lipinski definition) is 0. The van der Waals surface area contributed by atoms with Crippen molar-refractivity contribution < 1.29 is 9.18 Å². The summed E-state index contributed by atoms with van der Waals surface area (Å²) in [5.41, 5.74) is 0.513. The molecule has 0 bridgehead atoms. The first-order valence-electron chi connectivity index (χ1n) is 7.66. The van der Waals surface area contributed by atoms with Crippen LogP contribution >= 0.6 is 0 Å². The van der Waals surface area contributed by atoms with Gasteiger partial charge in [0, 0.05) is 6.42 Å². The Bertz CT molecular complexity index is 446. The first-order valence-corrected chi connectivity index (χ1v) is 7.66. The summed E-state index contributed by atoms with van der Waals surface area (Å²) in [6, 6.07) is 6.55. The van der Waals surface area contributed by atoms with Gasteiger partial charge in [-0.3, -0.25) is 9.69 Å². The average Bonchev–Trinajstić information content (AvgIpc) is 2.66. The third-order valence-corrected chi connectivity index (χ3v) is 4.26. The van der Waals surface area contributed by atoms with Gasteiger partial charge in [-0.15, -0.1) is 0 Å². The molecule has 0 aromatic heterocycles. The fourth-order valence-electron chi connectivity index (χ4n) is 2.95. The molecule has 2 rings (SSSR count). The summed E-state index contributed by atoms with van der Waals surface area (Å²) in [6.07, 6.45) is 5.07. The Hall–Kier alpha value is -1.22. The van der Waals surface area contributed by atoms with Crippen LogP contribution in [-0.2, 0) is 11.2 Å². The Morgan fingerprint density at radius 2 is 2.10 bits per heavy atom. The topological polar surface area (TPSA) is 20.3 Å². The third kappa shape index (κ3) is 4.41. The Balaban J connectivity index is 1.84. The van der Waals surface area contributed by atoms with E-state index in [-0.39, 0.29) is 18.0 Å². The molecule has 2 nitrogen and oxygen atoms in total. The van der Waals surface area contributed by atoms with Crippen LogP contribution in [0.1, 0.15) is 38.2 Å². The minimum absolute atomic E-state index is 0.116. The number of ketones is 1. The van der Waals surface area contributed by atoms with E-state index in [4.69, 9.17) is 0 Å². The number of halogens is 1. The van der Waals surface area contributed by atoms with Gasteiger partial charge in [0.15, 0.2) is 5.78 Å². The van der Waals surface area contributed by atoms with Crippen LogP contribution in [0, 0.1) is 11.7 Å². The minimum Gasteiger partial charge on any atom is -0.298 e. The molecule has 3 heteroatoms. The lowest BCUT2D eigenvalue weighted by atomic mass is 9.98. The molecule has 0 radical (unpaired) electrons. The van der Waals surface area contributed by atoms with Crippen molar-refractivity contribution in [3.05, 3.63) is 35.6 Å². The molecule has 110 valence electrons. The van der Waals surface area contributed by atoms with Gasteiger partial charge in [0.25, 0.3) is 0 Å². The maximum absolute atomic E-state index is 13.5. The summed E-state index contributed by atoms with van der Waals surface area (Å²) in [5, 5.41) is 0. The van der Waals surface area contributed by atoms with Crippen molar-refractivity contribution in [2.45, 2.75) is 39.0 Å². The quantitative estimate of drug-likeness (QED) is 0.821. The minimum atomic E-state index is -0.275. The van der Waals surface area contributed by atoms with Crippen molar-refractivity contribution in [3.63, 3.8) is 0 Å². The van der Waals surface area contributed by atoms with Crippen molar-refractivity contribution in [1.29, 1.82) is 0 Å². The summed E-state index contributed by atoms with van der Waals surface area (Å²) in [4.78, 5) is 14.3. The zero-order chi connectivity index (χ0) is 14.4. The molecule has 1 heterocycles. The zero-order valence-electron chi connectivity index (χ0n) is 12.3. The SMILES string of the molecule is CCC1CCCN(CC(=O)Cc2ccccc2F)CC1. The van der Waals surface area contributed by atoms with Crippen LogP contribution in [0.15, 0.2) is 24.3 Å². The summed E-state index contributed by atoms with van der Waals surface area (Å²) >= 11 is 0. The number of rotatable bonds is 5. The van der Waals surface area contributed by atoms with Crippen LogP contribution in [0.25, 0.3) is 0 Å². The third-order valence-electron chi connectivity index (χ3n) is 4.26. The van der Waals surface area contributed by atoms with Crippen molar-refractivity contribution in [2.24, 2.45) is 5.92 Å². The number of Topliss-reactive ketones (excluding diaryl/α,β-unsaturated/α-hetero) is 1. The van der Waals surface area contributed by atoms with E-state index < -0.39 is 0 Å². The second-order valence-electron chi connectivity index (χ2n) is 5.79. The summed E-state index contributed by atoms with van der Waals surface area (Å²) in [7, 11) is 0. The highest BCUT2D eigenvalue weighted by Gasteiger charge is 2.18. The van der Waals surface area contributed by atoms with E-state index in [9.17, 15) is 9.18 Å². The monoisotopic (exact) mass is 277 g/mol. The van der Waals surface area contributed by atoms with E-state index in [0.29, 0.717) is 12.1 Å². The maximum Gasteiger partial charge on any atom is 0.151 e. The molecule has 0 N–H and O–H groups in total. The number of benzene rings is 1. The Morgan fingerprint density at radius 1 is 1.30 bits per heavy atom. The van der Waals surface area contributed by atoms with Gasteiger partial charge >= 0.3 is 0 Å². The van der Waals surface area contributed by atoms with E-state index in [0.717, 1.165) is 19.0 Å². The van der Waals surface area contributed by atoms with Crippen LogP contribution in [0.2, 0.25) is 0 Å². The summed E-state index contributed by atoms with van der Waals surface area (Å²) in [5.74, 6) is 0.648. The van der Waals surface area contributed by atoms with Crippen LogP contribution in [-0.4, -0.2) is 30.3 Å². The zero-order valence-corrected chi connectivity index (χ0v) is 12.3. The number of hydrogen-bond acceptors (Lipinski definition) is 2. The fraction of sp³-hybridized carbons (Fsp3) is 0.588. The molecule has 20 heavy (non-hydrogen) atoms. The van der Waals surface area contributed by atoms with Crippen molar-refractivity contribution in [1.82, 2.24) is 4.90 Å². The van der Waals surface area contributed by atoms with E-state index >= 15 is 0 Å². The number of carbonyl (C=O) groups is 1. The van der Waals surface area contributed by atoms with Crippen molar-refractivity contribution in [2.75, 3.05) is 19.6 Å². The molecule has 1 aliphatic rings. The van der Waals surface area contributed by atoms with E-state index in [1.165, 1.54) is 31.7 Å². The van der Waals surface area contributed by atoms with Crippen molar-refractivity contribution >= 4 is 5.78 Å². The molecule has 1 unspecified atom stereocenters. The molecule has 0 spiro atoms. The van der Waals surface area contributed by atoms with Gasteiger partial charge in [0.1, 0.15) is 5.82 Å².